The van der Waals surface area contributed by atoms with Gasteiger partial charge in [-0.1, -0.05) is 30.3 Å². The van der Waals surface area contributed by atoms with Gasteiger partial charge in [0.25, 0.3) is 5.91 Å². The zero-order chi connectivity index (χ0) is 15.7. The maximum Gasteiger partial charge on any atom is 0.254 e. The van der Waals surface area contributed by atoms with Crippen LogP contribution in [0.4, 0.5) is 0 Å². The smallest absolute Gasteiger partial charge is 0.254 e. The van der Waals surface area contributed by atoms with Crippen molar-refractivity contribution in [1.82, 2.24) is 4.90 Å². The molecule has 0 bridgehead atoms. The topological polar surface area (TPSA) is 89.7 Å². The summed E-state index contributed by atoms with van der Waals surface area (Å²) in [4.78, 5) is 37.8. The zero-order valence-electron chi connectivity index (χ0n) is 12.0. The van der Waals surface area contributed by atoms with Crippen molar-refractivity contribution in [3.05, 3.63) is 42.3 Å². The fourth-order valence-electron chi connectivity index (χ4n) is 3.27. The lowest BCUT2D eigenvalue weighted by Gasteiger charge is -2.32. The second-order valence-electron chi connectivity index (χ2n) is 5.53. The Balaban J connectivity index is 1.77. The lowest BCUT2D eigenvalue weighted by Crippen LogP contribution is -2.63. The molecule has 2 heterocycles. The number of hydrogen-bond donors (Lipinski definition) is 1. The Bertz CT molecular complexity index is 616. The van der Waals surface area contributed by atoms with Gasteiger partial charge in [0.1, 0.15) is 6.61 Å². The van der Waals surface area contributed by atoms with Gasteiger partial charge in [0.15, 0.2) is 5.78 Å². The fraction of sp³-hybridized carbons (Fsp3) is 0.375. The summed E-state index contributed by atoms with van der Waals surface area (Å²) in [6.07, 6.45) is 1.74. The van der Waals surface area contributed by atoms with Gasteiger partial charge in [0, 0.05) is 6.54 Å². The number of primary amides is 1. The van der Waals surface area contributed by atoms with Crippen LogP contribution in [0.15, 0.2) is 30.3 Å². The molecule has 2 N–H and O–H groups in total. The SMILES string of the molecule is NC(=O)C12C(=O)CO[C@H]1CCN2C(=O)[CH]Cc1ccccc1. The predicted molar refractivity (Wildman–Crippen MR) is 77.4 cm³/mol. The molecule has 1 aromatic rings. The van der Waals surface area contributed by atoms with Crippen molar-refractivity contribution < 1.29 is 19.1 Å². The summed E-state index contributed by atoms with van der Waals surface area (Å²) in [6, 6.07) is 9.49. The number of Topliss-reactive ketones (excluding diaryl/α,β-unsaturated/α-hetero) is 1. The second-order valence-corrected chi connectivity index (χ2v) is 5.53. The summed E-state index contributed by atoms with van der Waals surface area (Å²) in [7, 11) is 0. The summed E-state index contributed by atoms with van der Waals surface area (Å²) >= 11 is 0. The summed E-state index contributed by atoms with van der Waals surface area (Å²) < 4.78 is 5.34. The molecule has 2 aliphatic rings. The highest BCUT2D eigenvalue weighted by Gasteiger charge is 2.64. The van der Waals surface area contributed by atoms with Gasteiger partial charge in [0.2, 0.25) is 11.4 Å². The fourth-order valence-corrected chi connectivity index (χ4v) is 3.27. The Morgan fingerprint density at radius 1 is 1.36 bits per heavy atom. The van der Waals surface area contributed by atoms with Gasteiger partial charge in [-0.05, 0) is 18.4 Å². The average molecular weight is 301 g/mol. The summed E-state index contributed by atoms with van der Waals surface area (Å²) in [5, 5.41) is 0. The van der Waals surface area contributed by atoms with E-state index in [0.717, 1.165) is 5.56 Å². The largest absolute Gasteiger partial charge is 0.367 e. The van der Waals surface area contributed by atoms with E-state index in [0.29, 0.717) is 19.4 Å². The Morgan fingerprint density at radius 2 is 2.09 bits per heavy atom. The summed E-state index contributed by atoms with van der Waals surface area (Å²) in [5.41, 5.74) is 4.81. The molecule has 0 aliphatic carbocycles. The van der Waals surface area contributed by atoms with Crippen molar-refractivity contribution >= 4 is 17.6 Å². The van der Waals surface area contributed by atoms with Crippen LogP contribution in [-0.2, 0) is 25.5 Å². The highest BCUT2D eigenvalue weighted by molar-refractivity contribution is 6.15. The van der Waals surface area contributed by atoms with Crippen LogP contribution < -0.4 is 5.73 Å². The third-order valence-electron chi connectivity index (χ3n) is 4.34. The van der Waals surface area contributed by atoms with Gasteiger partial charge >= 0.3 is 0 Å². The lowest BCUT2D eigenvalue weighted by atomic mass is 9.89. The Kier molecular flexibility index (Phi) is 3.70. The normalized spacial score (nSPS) is 27.0. The van der Waals surface area contributed by atoms with E-state index < -0.39 is 23.3 Å². The van der Waals surface area contributed by atoms with Gasteiger partial charge in [0.05, 0.1) is 12.5 Å². The number of carbonyl (C=O) groups is 3. The van der Waals surface area contributed by atoms with Gasteiger partial charge in [-0.15, -0.1) is 0 Å². The molecule has 0 aromatic heterocycles. The minimum absolute atomic E-state index is 0.171. The van der Waals surface area contributed by atoms with Gasteiger partial charge < -0.3 is 15.4 Å². The molecule has 1 radical (unpaired) electrons. The molecule has 2 amide bonds. The molecule has 1 unspecified atom stereocenters. The predicted octanol–water partition coefficient (Wildman–Crippen LogP) is -0.142. The quantitative estimate of drug-likeness (QED) is 0.784. The van der Waals surface area contributed by atoms with Gasteiger partial charge in [-0.3, -0.25) is 14.4 Å². The minimum atomic E-state index is -1.62. The number of amides is 2. The summed E-state index contributed by atoms with van der Waals surface area (Å²) in [5.74, 6) is -1.59. The van der Waals surface area contributed by atoms with Crippen molar-refractivity contribution in [3.8, 4) is 0 Å². The number of ketones is 1. The maximum absolute atomic E-state index is 12.5. The first-order chi connectivity index (χ1) is 10.6. The van der Waals surface area contributed by atoms with Crippen LogP contribution in [0.1, 0.15) is 12.0 Å². The molecule has 2 aliphatic heterocycles. The highest BCUT2D eigenvalue weighted by atomic mass is 16.5. The van der Waals surface area contributed by atoms with Crippen LogP contribution in [-0.4, -0.2) is 47.3 Å². The molecule has 22 heavy (non-hydrogen) atoms. The summed E-state index contributed by atoms with van der Waals surface area (Å²) in [6.45, 7) is 0.125. The van der Waals surface area contributed by atoms with Crippen molar-refractivity contribution in [2.45, 2.75) is 24.5 Å². The first kappa shape index (κ1) is 14.7. The molecule has 115 valence electrons. The highest BCUT2D eigenvalue weighted by Crippen LogP contribution is 2.37. The van der Waals surface area contributed by atoms with Crippen molar-refractivity contribution in [2.24, 2.45) is 5.73 Å². The second kappa shape index (κ2) is 5.53. The third-order valence-corrected chi connectivity index (χ3v) is 4.34. The number of likely N-dealkylation sites (tertiary alicyclic amines) is 1. The monoisotopic (exact) mass is 301 g/mol. The molecule has 2 atom stereocenters. The Hall–Kier alpha value is -2.21. The number of fused-ring (bicyclic) bond motifs is 1. The molecular formula is C16H17N2O4. The minimum Gasteiger partial charge on any atom is -0.367 e. The molecule has 6 nitrogen and oxygen atoms in total. The van der Waals surface area contributed by atoms with Crippen molar-refractivity contribution in [2.75, 3.05) is 13.2 Å². The first-order valence-corrected chi connectivity index (χ1v) is 7.20. The van der Waals surface area contributed by atoms with Crippen molar-refractivity contribution in [3.63, 3.8) is 0 Å². The Labute approximate surface area is 128 Å². The van der Waals surface area contributed by atoms with E-state index in [1.165, 1.54) is 11.3 Å². The molecular weight excluding hydrogens is 284 g/mol. The van der Waals surface area contributed by atoms with Crippen LogP contribution in [0.25, 0.3) is 0 Å². The number of ether oxygens (including phenoxy) is 1. The zero-order valence-corrected chi connectivity index (χ0v) is 12.0. The molecule has 3 rings (SSSR count). The van der Waals surface area contributed by atoms with E-state index in [2.05, 4.69) is 0 Å². The molecule has 0 spiro atoms. The number of nitrogens with zero attached hydrogens (tertiary/aromatic N) is 1. The van der Waals surface area contributed by atoms with E-state index in [4.69, 9.17) is 10.5 Å². The maximum atomic E-state index is 12.5. The molecule has 2 fully saturated rings. The average Bonchev–Trinajstić information content (AvgIpc) is 3.05. The van der Waals surface area contributed by atoms with E-state index in [1.807, 2.05) is 30.3 Å². The molecule has 0 saturated carbocycles. The van der Waals surface area contributed by atoms with Crippen LogP contribution in [0.2, 0.25) is 0 Å². The molecule has 1 aromatic carbocycles. The van der Waals surface area contributed by atoms with Crippen LogP contribution >= 0.6 is 0 Å². The van der Waals surface area contributed by atoms with E-state index in [-0.39, 0.29) is 12.5 Å². The van der Waals surface area contributed by atoms with E-state index >= 15 is 0 Å². The van der Waals surface area contributed by atoms with Crippen LogP contribution in [0.3, 0.4) is 0 Å². The standard InChI is InChI=1S/C16H17N2O4/c17-15(21)16-12(19)10-22-13(16)8-9-18(16)14(20)7-6-11-4-2-1-3-5-11/h1-5,7,13H,6,8-10H2,(H2,17,21)/t13-,16?/m0/s1. The van der Waals surface area contributed by atoms with Gasteiger partial charge in [-0.25, -0.2) is 0 Å². The molecule has 2 saturated heterocycles. The Morgan fingerprint density at radius 3 is 2.77 bits per heavy atom. The number of nitrogens with two attached hydrogens (primary N) is 1. The van der Waals surface area contributed by atoms with Crippen molar-refractivity contribution in [1.29, 1.82) is 0 Å². The lowest BCUT2D eigenvalue weighted by molar-refractivity contribution is -0.148. The van der Waals surface area contributed by atoms with E-state index in [1.54, 1.807) is 0 Å². The van der Waals surface area contributed by atoms with Crippen LogP contribution in [0.5, 0.6) is 0 Å². The number of rotatable bonds is 4. The molecule has 6 heteroatoms. The van der Waals surface area contributed by atoms with E-state index in [9.17, 15) is 14.4 Å². The number of carbonyl (C=O) groups excluding carboxylic acids is 3. The first-order valence-electron chi connectivity index (χ1n) is 7.20. The van der Waals surface area contributed by atoms with Gasteiger partial charge in [-0.2, -0.15) is 0 Å². The number of benzene rings is 1. The third kappa shape index (κ3) is 2.11. The number of hydrogen-bond acceptors (Lipinski definition) is 4. The van der Waals surface area contributed by atoms with Crippen LogP contribution in [0, 0.1) is 6.42 Å².